The summed E-state index contributed by atoms with van der Waals surface area (Å²) in [5.41, 5.74) is 7.09. The monoisotopic (exact) mass is 932 g/mol. The maximum absolute atomic E-state index is 12.1. The van der Waals surface area contributed by atoms with E-state index in [1.165, 1.54) is 97.1 Å². The van der Waals surface area contributed by atoms with Crippen LogP contribution >= 0.6 is 0 Å². The molecular weight excluding hydrogens is 905 g/mol. The molecule has 4 aromatic carbocycles. The summed E-state index contributed by atoms with van der Waals surface area (Å²) in [6.45, 7) is 0. The van der Waals surface area contributed by atoms with Gasteiger partial charge in [-0.05, 0) is 119 Å². The molecular formula is C44H28N4O12S4-2. The molecule has 9 rings (SSSR count). The van der Waals surface area contributed by atoms with Crippen molar-refractivity contribution in [3.8, 4) is 44.5 Å². The molecule has 20 heteroatoms. The van der Waals surface area contributed by atoms with E-state index in [1.807, 2.05) is 0 Å². The van der Waals surface area contributed by atoms with E-state index in [9.17, 15) is 47.3 Å². The van der Waals surface area contributed by atoms with Gasteiger partial charge < -0.3 is 28.2 Å². The molecule has 16 nitrogen and oxygen atoms in total. The summed E-state index contributed by atoms with van der Waals surface area (Å²) in [7, 11) is -18.7. The molecule has 4 N–H and O–H groups in total. The Balaban J connectivity index is 1.44. The molecule has 0 unspecified atom stereocenters. The Morgan fingerprint density at radius 2 is 0.562 bits per heavy atom. The Morgan fingerprint density at radius 3 is 0.766 bits per heavy atom. The van der Waals surface area contributed by atoms with Crippen LogP contribution in [-0.4, -0.2) is 71.8 Å². The van der Waals surface area contributed by atoms with Crippen molar-refractivity contribution in [3.63, 3.8) is 0 Å². The number of nitrogens with zero attached hydrogens (tertiary/aromatic N) is 2. The first-order chi connectivity index (χ1) is 30.2. The number of aromatic nitrogens is 4. The topological polar surface area (TPSA) is 286 Å². The fourth-order valence-corrected chi connectivity index (χ4v) is 9.49. The summed E-state index contributed by atoms with van der Waals surface area (Å²) in [4.78, 5) is 15.3. The number of nitrogens with one attached hydrogen (secondary N) is 2. The van der Waals surface area contributed by atoms with Crippen LogP contribution in [0.5, 0.6) is 0 Å². The Kier molecular flexibility index (Phi) is 10.2. The second-order valence-corrected chi connectivity index (χ2v) is 20.1. The van der Waals surface area contributed by atoms with Gasteiger partial charge in [-0.1, -0.05) is 48.5 Å². The zero-order chi connectivity index (χ0) is 45.3. The number of fused-ring (bicyclic) bond motifs is 8. The summed E-state index contributed by atoms with van der Waals surface area (Å²) in [5, 5.41) is 0. The normalized spacial score (nSPS) is 13.1. The molecule has 0 atom stereocenters. The van der Waals surface area contributed by atoms with E-state index in [0.717, 1.165) is 0 Å². The molecule has 5 heterocycles. The van der Waals surface area contributed by atoms with Crippen LogP contribution in [-0.2, 0) is 40.5 Å². The number of benzene rings is 4. The number of hydrogen-bond acceptors (Lipinski definition) is 13. The van der Waals surface area contributed by atoms with Gasteiger partial charge >= 0.3 is 10.1 Å². The minimum atomic E-state index is -4.80. The lowest BCUT2D eigenvalue weighted by Gasteiger charge is -2.10. The highest BCUT2D eigenvalue weighted by atomic mass is 32.2. The van der Waals surface area contributed by atoms with Crippen LogP contribution in [0.2, 0.25) is 0 Å². The lowest BCUT2D eigenvalue weighted by atomic mass is 10.0. The van der Waals surface area contributed by atoms with Gasteiger partial charge in [0.25, 0.3) is 0 Å². The van der Waals surface area contributed by atoms with E-state index < -0.39 is 55.2 Å². The third-order valence-corrected chi connectivity index (χ3v) is 13.9. The highest BCUT2D eigenvalue weighted by Crippen LogP contribution is 2.39. The number of H-pyrrole nitrogens is 2. The van der Waals surface area contributed by atoms with Crippen LogP contribution in [0.15, 0.2) is 141 Å². The molecule has 0 amide bonds. The number of hydrogen-bond donors (Lipinski definition) is 2. The van der Waals surface area contributed by atoms with Crippen LogP contribution in [0, 0.1) is 0 Å². The SMILES string of the molecule is O=S(=O)([O-])c1ccc(-c2c3nc(c(-c4ccc(S(=O)(=O)[O-])cc4)c4ccc([nH]4)c(-c4ccc(S(=O)(=O)[OH2+])cc4)c4nc(c(-c5ccc(S(=O)(=O)[O-])cc5)c5ccc2[nH]5)C=C4)C=C3)cc1. The molecule has 3 aromatic heterocycles. The van der Waals surface area contributed by atoms with Gasteiger partial charge in [-0.15, -0.1) is 8.42 Å². The van der Waals surface area contributed by atoms with E-state index in [-0.39, 0.29) is 4.90 Å². The van der Waals surface area contributed by atoms with E-state index in [0.29, 0.717) is 89.4 Å². The lowest BCUT2D eigenvalue weighted by molar-refractivity contribution is 0.461. The van der Waals surface area contributed by atoms with Gasteiger partial charge in [-0.3, -0.25) is 0 Å². The van der Waals surface area contributed by atoms with Crippen molar-refractivity contribution in [2.75, 3.05) is 0 Å². The average Bonchev–Trinajstić information content (AvgIpc) is 4.08. The molecule has 0 spiro atoms. The van der Waals surface area contributed by atoms with Crippen LogP contribution < -0.4 is 0 Å². The van der Waals surface area contributed by atoms with Crippen molar-refractivity contribution in [2.24, 2.45) is 0 Å². The quantitative estimate of drug-likeness (QED) is 0.123. The molecule has 0 fully saturated rings. The largest absolute Gasteiger partial charge is 0.744 e. The predicted octanol–water partition coefficient (Wildman–Crippen LogP) is 6.45. The lowest BCUT2D eigenvalue weighted by Crippen LogP contribution is -1.98. The Labute approximate surface area is 365 Å². The molecule has 0 saturated heterocycles. The van der Waals surface area contributed by atoms with E-state index in [2.05, 4.69) is 9.97 Å². The minimum absolute atomic E-state index is 0.241. The molecule has 2 aliphatic heterocycles. The second kappa shape index (κ2) is 15.4. The molecule has 0 saturated carbocycles. The molecule has 2 aliphatic rings. The maximum atomic E-state index is 12.1. The Morgan fingerprint density at radius 1 is 0.344 bits per heavy atom. The summed E-state index contributed by atoms with van der Waals surface area (Å²) < 4.78 is 139. The predicted molar refractivity (Wildman–Crippen MR) is 235 cm³/mol. The number of aromatic amines is 2. The van der Waals surface area contributed by atoms with Crippen LogP contribution in [0.4, 0.5) is 0 Å². The minimum Gasteiger partial charge on any atom is -0.744 e. The van der Waals surface area contributed by atoms with Crippen LogP contribution in [0.1, 0.15) is 22.8 Å². The molecule has 7 aromatic rings. The third kappa shape index (κ3) is 8.11. The first kappa shape index (κ1) is 42.4. The van der Waals surface area contributed by atoms with Crippen molar-refractivity contribution in [2.45, 2.75) is 19.6 Å². The van der Waals surface area contributed by atoms with Gasteiger partial charge in [0.2, 0.25) is 0 Å². The van der Waals surface area contributed by atoms with E-state index >= 15 is 0 Å². The Bertz CT molecular complexity index is 3300. The second-order valence-electron chi connectivity index (χ2n) is 14.5. The van der Waals surface area contributed by atoms with Gasteiger partial charge in [-0.2, -0.15) is 0 Å². The smallest absolute Gasteiger partial charge is 0.409 e. The van der Waals surface area contributed by atoms with E-state index in [4.69, 9.17) is 14.5 Å². The van der Waals surface area contributed by atoms with E-state index in [1.54, 1.807) is 48.6 Å². The van der Waals surface area contributed by atoms with Crippen molar-refractivity contribution in [1.82, 2.24) is 19.9 Å². The van der Waals surface area contributed by atoms with Crippen molar-refractivity contribution in [1.29, 1.82) is 0 Å². The van der Waals surface area contributed by atoms with Gasteiger partial charge in [0.05, 0.1) is 37.5 Å². The van der Waals surface area contributed by atoms with Crippen molar-refractivity contribution in [3.05, 3.63) is 144 Å². The maximum Gasteiger partial charge on any atom is 0.409 e. The van der Waals surface area contributed by atoms with Crippen molar-refractivity contribution >= 4 is 86.8 Å². The first-order valence-electron chi connectivity index (χ1n) is 18.7. The van der Waals surface area contributed by atoms with Gasteiger partial charge in [0.1, 0.15) is 35.2 Å². The summed E-state index contributed by atoms with van der Waals surface area (Å²) in [6, 6.07) is 28.4. The summed E-state index contributed by atoms with van der Waals surface area (Å²) in [5.74, 6) is 0. The fourth-order valence-electron chi connectivity index (χ4n) is 7.59. The summed E-state index contributed by atoms with van der Waals surface area (Å²) in [6.07, 6.45) is 6.85. The van der Waals surface area contributed by atoms with Gasteiger partial charge in [0, 0.05) is 44.3 Å². The number of rotatable bonds is 8. The fraction of sp³-hybridized carbons (Fsp3) is 0. The highest BCUT2D eigenvalue weighted by Gasteiger charge is 2.21. The van der Waals surface area contributed by atoms with Crippen molar-refractivity contribution < 1.29 is 51.9 Å². The third-order valence-electron chi connectivity index (χ3n) is 10.5. The molecule has 8 bridgehead atoms. The Hall–Kier alpha value is -6.88. The van der Waals surface area contributed by atoms with Gasteiger partial charge in [-0.25, -0.2) is 35.2 Å². The van der Waals surface area contributed by atoms with Gasteiger partial charge in [0.15, 0.2) is 0 Å². The highest BCUT2D eigenvalue weighted by molar-refractivity contribution is 7.86. The first-order valence-corrected chi connectivity index (χ1v) is 24.4. The molecule has 64 heavy (non-hydrogen) atoms. The van der Waals surface area contributed by atoms with Crippen LogP contribution in [0.25, 0.3) is 90.9 Å². The zero-order valence-electron chi connectivity index (χ0n) is 32.4. The molecule has 322 valence electrons. The average molecular weight is 933 g/mol. The summed E-state index contributed by atoms with van der Waals surface area (Å²) >= 11 is 0. The molecule has 0 radical (unpaired) electrons. The zero-order valence-corrected chi connectivity index (χ0v) is 35.6. The standard InChI is InChI=1S/C44H30N4O12S4/c49-61(50,51)29-9-1-25(2-10-29)41-33-17-19-35(45-33)42(26-3-11-30(12-4-26)62(52,53)54)37-21-23-39(47-37)44(28-7-15-32(16-8-28)64(58,59)60)40-24-22-38(48-40)43(36-20-18-34(41)46-36)27-5-13-31(14-6-27)63(55,56)57/h1-24,45,48H,(H,49,50,51)(H,52,53,54)(H,55,56,57)(H,58,59,60)/p-2. The van der Waals surface area contributed by atoms with Crippen LogP contribution in [0.3, 0.4) is 0 Å². The molecule has 0 aliphatic carbocycles.